The highest BCUT2D eigenvalue weighted by molar-refractivity contribution is 9.10. The number of benzene rings is 2. The molecule has 3 amide bonds. The molecule has 1 saturated heterocycles. The van der Waals surface area contributed by atoms with Gasteiger partial charge in [0.2, 0.25) is 5.91 Å². The van der Waals surface area contributed by atoms with Gasteiger partial charge in [-0.2, -0.15) is 0 Å². The molecule has 9 nitrogen and oxygen atoms in total. The fourth-order valence-corrected chi connectivity index (χ4v) is 4.23. The number of hydrogen-bond acceptors (Lipinski definition) is 8. The van der Waals surface area contributed by atoms with Crippen LogP contribution in [-0.4, -0.2) is 54.3 Å². The van der Waals surface area contributed by atoms with Crippen molar-refractivity contribution in [3.63, 3.8) is 0 Å². The van der Waals surface area contributed by atoms with Gasteiger partial charge in [-0.1, -0.05) is 15.9 Å². The molecule has 0 aliphatic carbocycles. The van der Waals surface area contributed by atoms with Crippen molar-refractivity contribution in [2.75, 3.05) is 31.7 Å². The summed E-state index contributed by atoms with van der Waals surface area (Å²) in [4.78, 5) is 50.4. The molecule has 1 N–H and O–H groups in total. The quantitative estimate of drug-likeness (QED) is 0.333. The van der Waals surface area contributed by atoms with Crippen LogP contribution in [0.25, 0.3) is 6.08 Å². The third-order valence-corrected chi connectivity index (χ3v) is 5.93. The second-order valence-electron chi connectivity index (χ2n) is 7.05. The molecule has 0 aromatic heterocycles. The van der Waals surface area contributed by atoms with Gasteiger partial charge in [0.05, 0.1) is 18.1 Å². The second-order valence-corrected chi connectivity index (χ2v) is 8.96. The van der Waals surface area contributed by atoms with Crippen molar-refractivity contribution in [3.8, 4) is 11.5 Å². The number of halogens is 1. The Bertz CT molecular complexity index is 1150. The third-order valence-electron chi connectivity index (χ3n) is 4.53. The lowest BCUT2D eigenvalue weighted by Crippen LogP contribution is -2.36. The van der Waals surface area contributed by atoms with E-state index in [-0.39, 0.29) is 18.1 Å². The normalized spacial score (nSPS) is 14.3. The number of nitrogens with zero attached hydrogens (tertiary/aromatic N) is 1. The van der Waals surface area contributed by atoms with E-state index in [2.05, 4.69) is 21.2 Å². The van der Waals surface area contributed by atoms with Gasteiger partial charge in [-0.15, -0.1) is 0 Å². The van der Waals surface area contributed by atoms with Crippen LogP contribution in [0.4, 0.5) is 10.5 Å². The van der Waals surface area contributed by atoms with Crippen LogP contribution in [0.2, 0.25) is 0 Å². The van der Waals surface area contributed by atoms with Gasteiger partial charge in [0.1, 0.15) is 18.0 Å². The van der Waals surface area contributed by atoms with Crippen LogP contribution in [0, 0.1) is 0 Å². The molecule has 1 heterocycles. The summed E-state index contributed by atoms with van der Waals surface area (Å²) in [6, 6.07) is 11.8. The average Bonchev–Trinajstić information content (AvgIpc) is 3.07. The topological polar surface area (TPSA) is 111 Å². The van der Waals surface area contributed by atoms with Gasteiger partial charge in [0, 0.05) is 15.7 Å². The molecule has 3 rings (SSSR count). The molecule has 1 aliphatic rings. The van der Waals surface area contributed by atoms with Gasteiger partial charge in [-0.3, -0.25) is 19.3 Å². The average molecular weight is 563 g/mol. The highest BCUT2D eigenvalue weighted by atomic mass is 79.9. The fraction of sp³-hybridized carbons (Fsp3) is 0.250. The van der Waals surface area contributed by atoms with Gasteiger partial charge in [0.15, 0.2) is 6.61 Å². The molecular weight excluding hydrogens is 540 g/mol. The van der Waals surface area contributed by atoms with E-state index in [4.69, 9.17) is 14.2 Å². The molecule has 184 valence electrons. The minimum Gasteiger partial charge on any atom is -0.494 e. The Morgan fingerprint density at radius 3 is 2.49 bits per heavy atom. The standard InChI is InChI=1S/C24H23BrN2O7S/c1-3-32-18-8-6-17(7-9-18)26-21(28)13-27-23(30)20(35-24(27)31)12-15-11-16(25)5-10-19(15)34-14-22(29)33-4-2/h5-12H,3-4,13-14H2,1-2H3,(H,26,28)/b20-12+. The Labute approximate surface area is 214 Å². The summed E-state index contributed by atoms with van der Waals surface area (Å²) >= 11 is 4.08. The molecule has 0 atom stereocenters. The maximum atomic E-state index is 12.9. The lowest BCUT2D eigenvalue weighted by atomic mass is 10.2. The summed E-state index contributed by atoms with van der Waals surface area (Å²) < 4.78 is 16.5. The zero-order valence-corrected chi connectivity index (χ0v) is 21.4. The van der Waals surface area contributed by atoms with Crippen molar-refractivity contribution in [2.45, 2.75) is 13.8 Å². The lowest BCUT2D eigenvalue weighted by molar-refractivity contribution is -0.145. The summed E-state index contributed by atoms with van der Waals surface area (Å²) in [5.41, 5.74) is 0.992. The Morgan fingerprint density at radius 2 is 1.80 bits per heavy atom. The minimum absolute atomic E-state index is 0.128. The van der Waals surface area contributed by atoms with Crippen molar-refractivity contribution in [1.29, 1.82) is 0 Å². The Morgan fingerprint density at radius 1 is 1.06 bits per heavy atom. The maximum absolute atomic E-state index is 12.9. The van der Waals surface area contributed by atoms with E-state index in [9.17, 15) is 19.2 Å². The first-order chi connectivity index (χ1) is 16.8. The van der Waals surface area contributed by atoms with Gasteiger partial charge >= 0.3 is 5.97 Å². The number of esters is 1. The van der Waals surface area contributed by atoms with Crippen molar-refractivity contribution in [1.82, 2.24) is 4.90 Å². The number of amides is 3. The van der Waals surface area contributed by atoms with E-state index in [0.29, 0.717) is 33.8 Å². The molecule has 2 aromatic rings. The molecule has 2 aromatic carbocycles. The van der Waals surface area contributed by atoms with Gasteiger partial charge in [-0.25, -0.2) is 4.79 Å². The number of hydrogen-bond donors (Lipinski definition) is 1. The van der Waals surface area contributed by atoms with E-state index in [1.54, 1.807) is 49.4 Å². The fourth-order valence-electron chi connectivity index (χ4n) is 3.03. The highest BCUT2D eigenvalue weighted by Crippen LogP contribution is 2.35. The molecule has 0 saturated carbocycles. The number of rotatable bonds is 10. The summed E-state index contributed by atoms with van der Waals surface area (Å²) in [5.74, 6) is -0.641. The van der Waals surface area contributed by atoms with E-state index < -0.39 is 29.6 Å². The van der Waals surface area contributed by atoms with Crippen LogP contribution in [0.5, 0.6) is 11.5 Å². The van der Waals surface area contributed by atoms with E-state index in [0.717, 1.165) is 16.7 Å². The maximum Gasteiger partial charge on any atom is 0.344 e. The predicted octanol–water partition coefficient (Wildman–Crippen LogP) is 4.46. The number of nitrogens with one attached hydrogen (secondary N) is 1. The molecule has 0 unspecified atom stereocenters. The first-order valence-electron chi connectivity index (χ1n) is 10.7. The third kappa shape index (κ3) is 7.33. The molecule has 35 heavy (non-hydrogen) atoms. The highest BCUT2D eigenvalue weighted by Gasteiger charge is 2.36. The molecule has 0 spiro atoms. The van der Waals surface area contributed by atoms with Crippen molar-refractivity contribution in [3.05, 3.63) is 57.4 Å². The SMILES string of the molecule is CCOC(=O)COc1ccc(Br)cc1/C=C1/SC(=O)N(CC(=O)Nc2ccc(OCC)cc2)C1=O. The van der Waals surface area contributed by atoms with Crippen LogP contribution < -0.4 is 14.8 Å². The number of thioether (sulfide) groups is 1. The van der Waals surface area contributed by atoms with Crippen LogP contribution in [0.1, 0.15) is 19.4 Å². The van der Waals surface area contributed by atoms with Gasteiger partial charge in [0.25, 0.3) is 11.1 Å². The Kier molecular flexibility index (Phi) is 9.32. The molecule has 0 bridgehead atoms. The van der Waals surface area contributed by atoms with Crippen LogP contribution >= 0.6 is 27.7 Å². The number of ether oxygens (including phenoxy) is 3. The summed E-state index contributed by atoms with van der Waals surface area (Å²) in [7, 11) is 0. The predicted molar refractivity (Wildman–Crippen MR) is 135 cm³/mol. The largest absolute Gasteiger partial charge is 0.494 e. The monoisotopic (exact) mass is 562 g/mol. The van der Waals surface area contributed by atoms with Crippen LogP contribution in [-0.2, 0) is 19.1 Å². The van der Waals surface area contributed by atoms with Gasteiger partial charge in [-0.05, 0) is 74.1 Å². The minimum atomic E-state index is -0.599. The Balaban J connectivity index is 1.69. The zero-order chi connectivity index (χ0) is 25.4. The number of carbonyl (C=O) groups is 4. The number of carbonyl (C=O) groups excluding carboxylic acids is 4. The molecule has 11 heteroatoms. The molecule has 1 aliphatic heterocycles. The van der Waals surface area contributed by atoms with Crippen LogP contribution in [0.15, 0.2) is 51.8 Å². The molecule has 0 radical (unpaired) electrons. The van der Waals surface area contributed by atoms with E-state index in [1.165, 1.54) is 6.08 Å². The van der Waals surface area contributed by atoms with Crippen molar-refractivity contribution < 1.29 is 33.4 Å². The van der Waals surface area contributed by atoms with Crippen LogP contribution in [0.3, 0.4) is 0 Å². The smallest absolute Gasteiger partial charge is 0.344 e. The van der Waals surface area contributed by atoms with Gasteiger partial charge < -0.3 is 19.5 Å². The zero-order valence-electron chi connectivity index (χ0n) is 19.0. The second kappa shape index (κ2) is 12.4. The number of imide groups is 1. The first kappa shape index (κ1) is 26.3. The lowest BCUT2D eigenvalue weighted by Gasteiger charge is -2.13. The summed E-state index contributed by atoms with van der Waals surface area (Å²) in [6.07, 6.45) is 1.49. The molecule has 1 fully saturated rings. The summed E-state index contributed by atoms with van der Waals surface area (Å²) in [5, 5.41) is 2.10. The summed E-state index contributed by atoms with van der Waals surface area (Å²) in [6.45, 7) is 3.58. The van der Waals surface area contributed by atoms with Crippen molar-refractivity contribution in [2.24, 2.45) is 0 Å². The first-order valence-corrected chi connectivity index (χ1v) is 12.3. The number of anilines is 1. The van der Waals surface area contributed by atoms with Crippen molar-refractivity contribution >= 4 is 62.5 Å². The molecular formula is C24H23BrN2O7S. The van der Waals surface area contributed by atoms with E-state index >= 15 is 0 Å². The van der Waals surface area contributed by atoms with E-state index in [1.807, 2.05) is 6.92 Å². The Hall–Kier alpha value is -3.31.